The van der Waals surface area contributed by atoms with Crippen molar-refractivity contribution in [2.24, 2.45) is 0 Å². The number of amides is 1. The fourth-order valence-corrected chi connectivity index (χ4v) is 5.99. The van der Waals surface area contributed by atoms with Gasteiger partial charge in [0.2, 0.25) is 0 Å². The molecule has 1 fully saturated rings. The van der Waals surface area contributed by atoms with Crippen LogP contribution in [0.2, 0.25) is 0 Å². The molecule has 1 amide bonds. The molecule has 1 aliphatic rings. The lowest BCUT2D eigenvalue weighted by molar-refractivity contribution is -0.137. The molecule has 1 unspecified atom stereocenters. The highest BCUT2D eigenvalue weighted by Crippen LogP contribution is 2.33. The molecule has 0 bridgehead atoms. The zero-order valence-corrected chi connectivity index (χ0v) is 25.0. The number of nitrogens with one attached hydrogen (secondary N) is 1. The Morgan fingerprint density at radius 2 is 1.67 bits per heavy atom. The first-order valence-corrected chi connectivity index (χ1v) is 15.8. The predicted molar refractivity (Wildman–Crippen MR) is 156 cm³/mol. The second kappa shape index (κ2) is 14.6. The van der Waals surface area contributed by atoms with Crippen LogP contribution >= 0.6 is 0 Å². The van der Waals surface area contributed by atoms with Crippen molar-refractivity contribution in [2.75, 3.05) is 30.4 Å². The molecule has 0 aliphatic carbocycles. The van der Waals surface area contributed by atoms with Gasteiger partial charge in [-0.2, -0.15) is 22.0 Å². The lowest BCUT2D eigenvalue weighted by Gasteiger charge is -2.26. The van der Waals surface area contributed by atoms with Gasteiger partial charge in [-0.25, -0.2) is 8.42 Å². The zero-order chi connectivity index (χ0) is 32.8. The summed E-state index contributed by atoms with van der Waals surface area (Å²) in [5, 5.41) is 12.4. The van der Waals surface area contributed by atoms with E-state index in [0.717, 1.165) is 12.1 Å². The Morgan fingerprint density at radius 3 is 2.22 bits per heavy atom. The van der Waals surface area contributed by atoms with Gasteiger partial charge in [0.1, 0.15) is 11.9 Å². The molecule has 14 heteroatoms. The average Bonchev–Trinajstić information content (AvgIpc) is 3.42. The number of ether oxygens (including phenoxy) is 2. The van der Waals surface area contributed by atoms with Crippen LogP contribution in [0.15, 0.2) is 77.7 Å². The summed E-state index contributed by atoms with van der Waals surface area (Å²) in [5.41, 5.74) is 0.664. The number of hydrogen-bond donors (Lipinski definition) is 2. The minimum Gasteiger partial charge on any atom is -0.489 e. The van der Waals surface area contributed by atoms with E-state index in [1.807, 2.05) is 0 Å². The molecule has 0 radical (unpaired) electrons. The second-order valence-electron chi connectivity index (χ2n) is 10.5. The van der Waals surface area contributed by atoms with Crippen LogP contribution in [0.3, 0.4) is 0 Å². The summed E-state index contributed by atoms with van der Waals surface area (Å²) >= 11 is 0. The number of nitrogens with zero attached hydrogens (tertiary/aromatic N) is 1. The lowest BCUT2D eigenvalue weighted by atomic mass is 10.0. The first-order chi connectivity index (χ1) is 21.3. The fraction of sp³-hybridized carbons (Fsp3) is 0.387. The van der Waals surface area contributed by atoms with Crippen molar-refractivity contribution in [3.8, 4) is 5.75 Å². The van der Waals surface area contributed by atoms with Crippen LogP contribution in [0, 0.1) is 0 Å². The summed E-state index contributed by atoms with van der Waals surface area (Å²) in [5.74, 6) is -0.300. The summed E-state index contributed by atoms with van der Waals surface area (Å²) in [7, 11) is -3.40. The maximum atomic E-state index is 13.1. The maximum Gasteiger partial charge on any atom is 0.416 e. The van der Waals surface area contributed by atoms with Gasteiger partial charge in [0.05, 0.1) is 41.4 Å². The van der Waals surface area contributed by atoms with E-state index in [1.165, 1.54) is 24.3 Å². The molecule has 1 heterocycles. The Kier molecular flexibility index (Phi) is 11.0. The van der Waals surface area contributed by atoms with E-state index in [2.05, 4.69) is 10.1 Å². The Bertz CT molecular complexity index is 1520. The minimum atomic E-state index is -4.49. The molecule has 3 aromatic carbocycles. The molecule has 45 heavy (non-hydrogen) atoms. The van der Waals surface area contributed by atoms with Crippen LogP contribution in [-0.2, 0) is 20.8 Å². The van der Waals surface area contributed by atoms with Gasteiger partial charge in [0, 0.05) is 24.3 Å². The zero-order valence-electron chi connectivity index (χ0n) is 24.2. The van der Waals surface area contributed by atoms with Crippen LogP contribution in [0.1, 0.15) is 47.3 Å². The third kappa shape index (κ3) is 8.92. The van der Waals surface area contributed by atoms with Crippen molar-refractivity contribution in [1.29, 1.82) is 0 Å². The third-order valence-corrected chi connectivity index (χ3v) is 9.23. The number of benzene rings is 3. The highest BCUT2D eigenvalue weighted by atomic mass is 32.2. The number of sulfone groups is 1. The molecule has 0 aromatic heterocycles. The number of aliphatic hydroxyl groups is 1. The lowest BCUT2D eigenvalue weighted by Crippen LogP contribution is -2.34. The van der Waals surface area contributed by atoms with Gasteiger partial charge in [-0.05, 0) is 72.6 Å². The van der Waals surface area contributed by atoms with Crippen LogP contribution in [-0.4, -0.2) is 63.7 Å². The SMILES string of the molecule is CCS(=O)(=O)c1ccc([C@H](CCO)NC(=O)c2ccc(N3CC(Oc4ccc(C(F)(F)F)cc4)C[C@H]3COC(F)F)cc2)cc1. The van der Waals surface area contributed by atoms with E-state index >= 15 is 0 Å². The number of carbonyl (C=O) groups is 1. The van der Waals surface area contributed by atoms with Crippen molar-refractivity contribution < 1.29 is 49.7 Å². The van der Waals surface area contributed by atoms with Gasteiger partial charge in [-0.15, -0.1) is 0 Å². The van der Waals surface area contributed by atoms with Crippen molar-refractivity contribution in [1.82, 2.24) is 5.32 Å². The first-order valence-electron chi connectivity index (χ1n) is 14.2. The van der Waals surface area contributed by atoms with E-state index in [9.17, 15) is 40.3 Å². The molecule has 3 aromatic rings. The average molecular weight is 657 g/mol. The van der Waals surface area contributed by atoms with Crippen LogP contribution in [0.25, 0.3) is 0 Å². The number of alkyl halides is 5. The van der Waals surface area contributed by atoms with Gasteiger partial charge < -0.3 is 24.8 Å². The molecule has 1 saturated heterocycles. The monoisotopic (exact) mass is 656 g/mol. The third-order valence-electron chi connectivity index (χ3n) is 7.48. The fourth-order valence-electron chi connectivity index (χ4n) is 5.10. The highest BCUT2D eigenvalue weighted by Gasteiger charge is 2.35. The second-order valence-corrected chi connectivity index (χ2v) is 12.7. The Morgan fingerprint density at radius 1 is 1.02 bits per heavy atom. The normalized spacial score (nSPS) is 17.8. The van der Waals surface area contributed by atoms with E-state index in [0.29, 0.717) is 11.3 Å². The molecule has 3 atom stereocenters. The Labute approximate surface area is 257 Å². The maximum absolute atomic E-state index is 13.1. The number of carbonyl (C=O) groups excluding carboxylic acids is 1. The van der Waals surface area contributed by atoms with Crippen LogP contribution < -0.4 is 15.0 Å². The number of aliphatic hydroxyl groups excluding tert-OH is 1. The smallest absolute Gasteiger partial charge is 0.416 e. The molecule has 1 aliphatic heterocycles. The summed E-state index contributed by atoms with van der Waals surface area (Å²) < 4.78 is 99.1. The summed E-state index contributed by atoms with van der Waals surface area (Å²) in [6.07, 6.45) is -4.58. The topological polar surface area (TPSA) is 105 Å². The van der Waals surface area contributed by atoms with Gasteiger partial charge in [-0.3, -0.25) is 4.79 Å². The number of rotatable bonds is 13. The molecule has 0 spiro atoms. The van der Waals surface area contributed by atoms with Crippen molar-refractivity contribution >= 4 is 21.4 Å². The van der Waals surface area contributed by atoms with Crippen molar-refractivity contribution in [2.45, 2.75) is 55.6 Å². The van der Waals surface area contributed by atoms with Crippen molar-refractivity contribution in [3.05, 3.63) is 89.5 Å². The molecule has 2 N–H and O–H groups in total. The number of anilines is 1. The predicted octanol–water partition coefficient (Wildman–Crippen LogP) is 5.62. The summed E-state index contributed by atoms with van der Waals surface area (Å²) in [6, 6.07) is 15.5. The van der Waals surface area contributed by atoms with E-state index in [4.69, 9.17) is 4.74 Å². The summed E-state index contributed by atoms with van der Waals surface area (Å²) in [6.45, 7) is -1.78. The molecule has 8 nitrogen and oxygen atoms in total. The largest absolute Gasteiger partial charge is 0.489 e. The van der Waals surface area contributed by atoms with E-state index in [-0.39, 0.29) is 54.6 Å². The highest BCUT2D eigenvalue weighted by molar-refractivity contribution is 7.91. The number of hydrogen-bond acceptors (Lipinski definition) is 7. The molecule has 0 saturated carbocycles. The minimum absolute atomic E-state index is 0.0522. The first kappa shape index (κ1) is 34.1. The van der Waals surface area contributed by atoms with Gasteiger partial charge in [-0.1, -0.05) is 19.1 Å². The van der Waals surface area contributed by atoms with Gasteiger partial charge >= 0.3 is 12.8 Å². The standard InChI is InChI=1S/C31H33F5N2O6S/c1-2-45(41,42)27-13-5-20(6-14-27)28(15-16-39)37-29(40)21-3-9-23(10-4-21)38-18-26(17-24(38)19-43-30(32)33)44-25-11-7-22(8-12-25)31(34,35)36/h3-14,24,26,28,30,39H,2,15-19H2,1H3,(H,37,40)/t24-,26?,28-/m0/s1. The Hall–Kier alpha value is -3.75. The molecule has 244 valence electrons. The van der Waals surface area contributed by atoms with Gasteiger partial charge in [0.25, 0.3) is 5.91 Å². The van der Waals surface area contributed by atoms with Crippen molar-refractivity contribution in [3.63, 3.8) is 0 Å². The van der Waals surface area contributed by atoms with E-state index in [1.54, 1.807) is 48.2 Å². The number of halogens is 5. The molecular formula is C31H33F5N2O6S. The molecular weight excluding hydrogens is 623 g/mol. The van der Waals surface area contributed by atoms with Crippen LogP contribution in [0.4, 0.5) is 27.6 Å². The summed E-state index contributed by atoms with van der Waals surface area (Å²) in [4.78, 5) is 15.0. The van der Waals surface area contributed by atoms with E-state index < -0.39 is 52.3 Å². The molecule has 4 rings (SSSR count). The van der Waals surface area contributed by atoms with Crippen LogP contribution in [0.5, 0.6) is 5.75 Å². The quantitative estimate of drug-likeness (QED) is 0.230. The Balaban J connectivity index is 1.45. The van der Waals surface area contributed by atoms with Gasteiger partial charge in [0.15, 0.2) is 9.84 Å².